The summed E-state index contributed by atoms with van der Waals surface area (Å²) >= 11 is 11.6. The zero-order valence-electron chi connectivity index (χ0n) is 12.9. The van der Waals surface area contributed by atoms with Crippen molar-refractivity contribution in [2.75, 3.05) is 0 Å². The molecule has 0 aromatic carbocycles. The molecule has 20 heavy (non-hydrogen) atoms. The minimum Gasteiger partial charge on any atom is -0.273 e. The third kappa shape index (κ3) is 13.5. The molecule has 0 unspecified atom stereocenters. The smallest absolute Gasteiger partial charge is 0.273 e. The van der Waals surface area contributed by atoms with Crippen LogP contribution in [0.15, 0.2) is 35.5 Å². The Labute approximate surface area is 150 Å². The summed E-state index contributed by atoms with van der Waals surface area (Å²) in [5.74, 6) is 0. The van der Waals surface area contributed by atoms with Crippen molar-refractivity contribution in [3.8, 4) is 0 Å². The maximum absolute atomic E-state index is 5.81. The van der Waals surface area contributed by atoms with E-state index in [-0.39, 0.29) is 21.7 Å². The Hall–Kier alpha value is 0.471. The molecule has 0 amide bonds. The van der Waals surface area contributed by atoms with Crippen molar-refractivity contribution in [3.63, 3.8) is 0 Å². The molecule has 2 aliphatic carbocycles. The Balaban J connectivity index is 0. The molecule has 0 aromatic rings. The van der Waals surface area contributed by atoms with E-state index in [1.807, 2.05) is 26.0 Å². The predicted molar refractivity (Wildman–Crippen MR) is 90.8 cm³/mol. The summed E-state index contributed by atoms with van der Waals surface area (Å²) in [7, 11) is 0. The minimum atomic E-state index is -1.71. The van der Waals surface area contributed by atoms with E-state index in [2.05, 4.69) is 38.2 Å². The second-order valence-corrected chi connectivity index (χ2v) is 12.6. The van der Waals surface area contributed by atoms with E-state index in [4.69, 9.17) is 22.2 Å². The molecule has 110 valence electrons. The molecule has 0 nitrogen and oxygen atoms in total. The summed E-state index contributed by atoms with van der Waals surface area (Å²) < 4.78 is 0. The fourth-order valence-electron chi connectivity index (χ4n) is 1.25. The first-order chi connectivity index (χ1) is 8.91. The topological polar surface area (TPSA) is 0 Å². The monoisotopic (exact) mass is 362 g/mol. The molecule has 0 saturated carbocycles. The summed E-state index contributed by atoms with van der Waals surface area (Å²) in [5.41, 5.74) is 2.69. The zero-order chi connectivity index (χ0) is 14.7. The van der Waals surface area contributed by atoms with Gasteiger partial charge in [-0.15, -0.1) is 48.8 Å². The van der Waals surface area contributed by atoms with Crippen LogP contribution in [0.4, 0.5) is 0 Å². The van der Waals surface area contributed by atoms with E-state index in [0.29, 0.717) is 0 Å². The van der Waals surface area contributed by atoms with Gasteiger partial charge in [0.05, 0.1) is 0 Å². The average Bonchev–Trinajstić information content (AvgIpc) is 3.04. The van der Waals surface area contributed by atoms with Gasteiger partial charge in [-0.05, 0) is 12.1 Å². The quantitative estimate of drug-likeness (QED) is 0.305. The molecule has 0 spiro atoms. The van der Waals surface area contributed by atoms with Crippen molar-refractivity contribution in [1.29, 1.82) is 0 Å². The zero-order valence-corrected chi connectivity index (χ0v) is 17.0. The second kappa shape index (κ2) is 13.2. The summed E-state index contributed by atoms with van der Waals surface area (Å²) in [6.07, 6.45) is 16.5. The SMILES string of the molecule is CC1=CC[C-]=C1.CC1=CC[C-]=C1.CC[Si](Cl)(Cl)CC.[Ti+2]. The fourth-order valence-corrected chi connectivity index (χ4v) is 1.75. The van der Waals surface area contributed by atoms with Crippen LogP contribution < -0.4 is 0 Å². The van der Waals surface area contributed by atoms with E-state index in [9.17, 15) is 0 Å². The maximum Gasteiger partial charge on any atom is 2.00 e. The summed E-state index contributed by atoms with van der Waals surface area (Å²) in [5, 5.41) is 0. The molecule has 0 radical (unpaired) electrons. The van der Waals surface area contributed by atoms with Gasteiger partial charge in [-0.2, -0.15) is 12.2 Å². The van der Waals surface area contributed by atoms with Gasteiger partial charge < -0.3 is 0 Å². The van der Waals surface area contributed by atoms with Crippen LogP contribution in [0.3, 0.4) is 0 Å². The molecule has 2 rings (SSSR count). The van der Waals surface area contributed by atoms with Crippen LogP contribution in [-0.4, -0.2) is 6.69 Å². The Kier molecular flexibility index (Phi) is 15.0. The first kappa shape index (κ1) is 22.7. The Morgan fingerprint density at radius 1 is 0.950 bits per heavy atom. The minimum absolute atomic E-state index is 0. The number of halogens is 2. The van der Waals surface area contributed by atoms with E-state index < -0.39 is 6.69 Å². The first-order valence-corrected chi connectivity index (χ1v) is 11.2. The van der Waals surface area contributed by atoms with Gasteiger partial charge in [-0.3, -0.25) is 12.2 Å². The van der Waals surface area contributed by atoms with Gasteiger partial charge >= 0.3 is 21.7 Å². The second-order valence-electron chi connectivity index (χ2n) is 4.56. The molecular formula is C16H24Cl2SiTi. The third-order valence-corrected chi connectivity index (χ3v) is 8.05. The Bertz CT molecular complexity index is 329. The largest absolute Gasteiger partial charge is 2.00 e. The van der Waals surface area contributed by atoms with E-state index in [1.165, 1.54) is 11.1 Å². The van der Waals surface area contributed by atoms with E-state index >= 15 is 0 Å². The molecule has 0 saturated heterocycles. The standard InChI is InChI=1S/2C6H7.C4H10Cl2Si.Ti/c2*1-6-4-2-3-5-6;1-3-7(5,6)4-2;/h2*4-5H,2H2,1H3;3-4H2,1-2H3;/q2*-1;;+2. The molecule has 0 N–H and O–H groups in total. The van der Waals surface area contributed by atoms with Gasteiger partial charge in [0, 0.05) is 0 Å². The number of hydrogen-bond acceptors (Lipinski definition) is 0. The number of allylic oxidation sites excluding steroid dienone is 8. The van der Waals surface area contributed by atoms with Crippen LogP contribution in [0.1, 0.15) is 40.5 Å². The van der Waals surface area contributed by atoms with Gasteiger partial charge in [0.25, 0.3) is 6.69 Å². The van der Waals surface area contributed by atoms with Gasteiger partial charge in [0.1, 0.15) is 0 Å². The molecule has 0 heterocycles. The molecule has 0 atom stereocenters. The molecule has 0 aromatic heterocycles. The van der Waals surface area contributed by atoms with Crippen molar-refractivity contribution in [3.05, 3.63) is 47.6 Å². The van der Waals surface area contributed by atoms with Crippen LogP contribution in [0.2, 0.25) is 12.1 Å². The summed E-state index contributed by atoms with van der Waals surface area (Å²) in [4.78, 5) is 0. The maximum atomic E-state index is 5.81. The van der Waals surface area contributed by atoms with Crippen LogP contribution in [0.25, 0.3) is 0 Å². The Morgan fingerprint density at radius 2 is 1.30 bits per heavy atom. The van der Waals surface area contributed by atoms with Crippen LogP contribution in [0.5, 0.6) is 0 Å². The van der Waals surface area contributed by atoms with Crippen molar-refractivity contribution in [1.82, 2.24) is 0 Å². The van der Waals surface area contributed by atoms with Gasteiger partial charge in [0.15, 0.2) is 0 Å². The van der Waals surface area contributed by atoms with E-state index in [1.54, 1.807) is 0 Å². The number of rotatable bonds is 2. The normalized spacial score (nSPS) is 15.3. The van der Waals surface area contributed by atoms with Crippen molar-refractivity contribution in [2.24, 2.45) is 0 Å². The van der Waals surface area contributed by atoms with E-state index in [0.717, 1.165) is 24.9 Å². The summed E-state index contributed by atoms with van der Waals surface area (Å²) in [6.45, 7) is 6.53. The van der Waals surface area contributed by atoms with Crippen LogP contribution in [0, 0.1) is 12.2 Å². The van der Waals surface area contributed by atoms with Crippen molar-refractivity contribution in [2.45, 2.75) is 52.6 Å². The van der Waals surface area contributed by atoms with Gasteiger partial charge in [0.2, 0.25) is 0 Å². The molecule has 0 aliphatic heterocycles. The van der Waals surface area contributed by atoms with Crippen molar-refractivity contribution >= 4 is 28.9 Å². The molecular weight excluding hydrogens is 339 g/mol. The third-order valence-electron chi connectivity index (χ3n) is 2.78. The van der Waals surface area contributed by atoms with Crippen LogP contribution in [-0.2, 0) is 21.7 Å². The predicted octanol–water partition coefficient (Wildman–Crippen LogP) is 6.34. The summed E-state index contributed by atoms with van der Waals surface area (Å²) in [6, 6.07) is 1.93. The average molecular weight is 363 g/mol. The molecule has 4 heteroatoms. The first-order valence-electron chi connectivity index (χ1n) is 6.75. The molecule has 2 aliphatic rings. The molecule has 0 bridgehead atoms. The Morgan fingerprint density at radius 3 is 1.35 bits per heavy atom. The van der Waals surface area contributed by atoms with Gasteiger partial charge in [-0.1, -0.05) is 13.8 Å². The fraction of sp³-hybridized carbons (Fsp3) is 0.500. The number of hydrogen-bond donors (Lipinski definition) is 0. The molecule has 0 fully saturated rings. The van der Waals surface area contributed by atoms with Crippen LogP contribution >= 0.6 is 22.2 Å². The van der Waals surface area contributed by atoms with Crippen molar-refractivity contribution < 1.29 is 21.7 Å². The van der Waals surface area contributed by atoms with Gasteiger partial charge in [-0.25, -0.2) is 23.3 Å².